The molecule has 1 saturated heterocycles. The zero-order chi connectivity index (χ0) is 16.2. The van der Waals surface area contributed by atoms with Crippen LogP contribution < -0.4 is 10.0 Å². The van der Waals surface area contributed by atoms with Crippen LogP contribution in [0.5, 0.6) is 0 Å². The van der Waals surface area contributed by atoms with Crippen molar-refractivity contribution in [2.75, 3.05) is 24.7 Å². The topological polar surface area (TPSA) is 102 Å². The van der Waals surface area contributed by atoms with E-state index in [1.165, 1.54) is 0 Å². The Morgan fingerprint density at radius 2 is 2.05 bits per heavy atom. The third kappa shape index (κ3) is 4.72. The molecule has 118 valence electrons. The number of nitrogens with one attached hydrogen (secondary N) is 2. The maximum absolute atomic E-state index is 12.2. The molecular weight excluding hydrogens is 304 g/mol. The zero-order valence-corrected chi connectivity index (χ0v) is 13.1. The Morgan fingerprint density at radius 3 is 2.64 bits per heavy atom. The summed E-state index contributed by atoms with van der Waals surface area (Å²) in [7, 11) is -3.28. The Kier molecular flexibility index (Phi) is 5.00. The number of nitriles is 1. The molecule has 0 saturated carbocycles. The summed E-state index contributed by atoms with van der Waals surface area (Å²) in [6.07, 6.45) is 2.57. The van der Waals surface area contributed by atoms with Gasteiger partial charge < -0.3 is 10.2 Å². The quantitative estimate of drug-likeness (QED) is 0.870. The van der Waals surface area contributed by atoms with E-state index in [0.717, 1.165) is 12.7 Å². The van der Waals surface area contributed by atoms with Gasteiger partial charge >= 0.3 is 6.03 Å². The van der Waals surface area contributed by atoms with Crippen LogP contribution in [0.15, 0.2) is 24.3 Å². The number of amides is 2. The summed E-state index contributed by atoms with van der Waals surface area (Å²) in [5, 5.41) is 11.5. The van der Waals surface area contributed by atoms with Crippen LogP contribution in [0.4, 0.5) is 10.5 Å². The summed E-state index contributed by atoms with van der Waals surface area (Å²) in [4.78, 5) is 13.8. The van der Waals surface area contributed by atoms with Crippen LogP contribution in [-0.2, 0) is 10.0 Å². The van der Waals surface area contributed by atoms with Crippen molar-refractivity contribution in [2.45, 2.75) is 18.9 Å². The lowest BCUT2D eigenvalue weighted by Crippen LogP contribution is -2.50. The van der Waals surface area contributed by atoms with Gasteiger partial charge in [-0.15, -0.1) is 0 Å². The maximum atomic E-state index is 12.2. The number of urea groups is 1. The number of rotatable bonds is 3. The average Bonchev–Trinajstić information content (AvgIpc) is 2.46. The van der Waals surface area contributed by atoms with E-state index >= 15 is 0 Å². The highest BCUT2D eigenvalue weighted by molar-refractivity contribution is 7.88. The van der Waals surface area contributed by atoms with Crippen LogP contribution in [0.2, 0.25) is 0 Å². The number of carbonyl (C=O) groups excluding carboxylic acids is 1. The minimum Gasteiger partial charge on any atom is -0.323 e. The fourth-order valence-electron chi connectivity index (χ4n) is 2.39. The van der Waals surface area contributed by atoms with Crippen molar-refractivity contribution >= 4 is 21.7 Å². The lowest BCUT2D eigenvalue weighted by molar-refractivity contribution is 0.190. The van der Waals surface area contributed by atoms with Gasteiger partial charge in [-0.3, -0.25) is 0 Å². The first-order valence-corrected chi connectivity index (χ1v) is 8.80. The fourth-order valence-corrected chi connectivity index (χ4v) is 3.19. The Balaban J connectivity index is 1.95. The van der Waals surface area contributed by atoms with Gasteiger partial charge in [0, 0.05) is 24.8 Å². The van der Waals surface area contributed by atoms with E-state index in [0.29, 0.717) is 30.8 Å². The minimum atomic E-state index is -3.28. The molecule has 1 heterocycles. The second kappa shape index (κ2) is 6.77. The number of hydrogen-bond donors (Lipinski definition) is 2. The molecule has 1 aromatic rings. The van der Waals surface area contributed by atoms with Crippen molar-refractivity contribution in [1.29, 1.82) is 5.26 Å². The van der Waals surface area contributed by atoms with E-state index in [2.05, 4.69) is 10.0 Å². The molecular formula is C14H18N4O3S. The molecule has 0 bridgehead atoms. The largest absolute Gasteiger partial charge is 0.323 e. The molecule has 1 aromatic carbocycles. The molecule has 2 rings (SSSR count). The minimum absolute atomic E-state index is 0.254. The predicted molar refractivity (Wildman–Crippen MR) is 82.8 cm³/mol. The summed E-state index contributed by atoms with van der Waals surface area (Å²) in [6, 6.07) is 8.05. The first kappa shape index (κ1) is 16.3. The summed E-state index contributed by atoms with van der Waals surface area (Å²) >= 11 is 0. The lowest BCUT2D eigenvalue weighted by Gasteiger charge is -2.32. The number of anilines is 1. The van der Waals surface area contributed by atoms with Crippen molar-refractivity contribution in [1.82, 2.24) is 9.62 Å². The Bertz CT molecular complexity index is 679. The van der Waals surface area contributed by atoms with Crippen molar-refractivity contribution < 1.29 is 13.2 Å². The van der Waals surface area contributed by atoms with Crippen LogP contribution in [0.25, 0.3) is 0 Å². The molecule has 8 heteroatoms. The fraction of sp³-hybridized carbons (Fsp3) is 0.429. The van der Waals surface area contributed by atoms with E-state index in [9.17, 15) is 13.2 Å². The standard InChI is InChI=1S/C14H18N4O3S/c1-22(20,21)17-13-3-2-8-18(10-13)14(19)16-12-6-4-11(9-15)5-7-12/h4-7,13,17H,2-3,8,10H2,1H3,(H,16,19). The van der Waals surface area contributed by atoms with Crippen LogP contribution in [-0.4, -0.2) is 44.7 Å². The van der Waals surface area contributed by atoms with E-state index in [1.807, 2.05) is 6.07 Å². The van der Waals surface area contributed by atoms with Crippen LogP contribution in [0.1, 0.15) is 18.4 Å². The number of carbonyl (C=O) groups is 1. The molecule has 0 aromatic heterocycles. The molecule has 0 aliphatic carbocycles. The van der Waals surface area contributed by atoms with E-state index < -0.39 is 10.0 Å². The highest BCUT2D eigenvalue weighted by atomic mass is 32.2. The van der Waals surface area contributed by atoms with Gasteiger partial charge in [0.15, 0.2) is 0 Å². The van der Waals surface area contributed by atoms with Crippen LogP contribution in [0.3, 0.4) is 0 Å². The second-order valence-corrected chi connectivity index (χ2v) is 7.07. The van der Waals surface area contributed by atoms with Crippen molar-refractivity contribution in [3.8, 4) is 6.07 Å². The normalized spacial score (nSPS) is 18.5. The lowest BCUT2D eigenvalue weighted by atomic mass is 10.1. The first-order chi connectivity index (χ1) is 10.4. The summed E-state index contributed by atoms with van der Waals surface area (Å²) in [6.45, 7) is 0.930. The second-order valence-electron chi connectivity index (χ2n) is 5.29. The average molecular weight is 322 g/mol. The number of likely N-dealkylation sites (tertiary alicyclic amines) is 1. The third-order valence-electron chi connectivity index (χ3n) is 3.35. The number of nitrogens with zero attached hydrogens (tertiary/aromatic N) is 2. The molecule has 22 heavy (non-hydrogen) atoms. The van der Waals surface area contributed by atoms with E-state index in [4.69, 9.17) is 5.26 Å². The molecule has 2 N–H and O–H groups in total. The van der Waals surface area contributed by atoms with Gasteiger partial charge in [0.1, 0.15) is 0 Å². The zero-order valence-electron chi connectivity index (χ0n) is 12.2. The Morgan fingerprint density at radius 1 is 1.36 bits per heavy atom. The monoisotopic (exact) mass is 322 g/mol. The molecule has 1 aliphatic heterocycles. The molecule has 2 amide bonds. The van der Waals surface area contributed by atoms with Crippen molar-refractivity contribution in [2.24, 2.45) is 0 Å². The van der Waals surface area contributed by atoms with E-state index in [1.54, 1.807) is 29.2 Å². The van der Waals surface area contributed by atoms with Gasteiger partial charge in [-0.25, -0.2) is 17.9 Å². The van der Waals surface area contributed by atoms with E-state index in [-0.39, 0.29) is 12.1 Å². The summed E-state index contributed by atoms with van der Waals surface area (Å²) in [5.41, 5.74) is 1.12. The SMILES string of the molecule is CS(=O)(=O)NC1CCCN(C(=O)Nc2ccc(C#N)cc2)C1. The molecule has 1 fully saturated rings. The highest BCUT2D eigenvalue weighted by Crippen LogP contribution is 2.14. The maximum Gasteiger partial charge on any atom is 0.321 e. The number of sulfonamides is 1. The van der Waals surface area contributed by atoms with Crippen LogP contribution in [0, 0.1) is 11.3 Å². The molecule has 1 unspecified atom stereocenters. The highest BCUT2D eigenvalue weighted by Gasteiger charge is 2.25. The van der Waals surface area contributed by atoms with Gasteiger partial charge in [0.25, 0.3) is 0 Å². The predicted octanol–water partition coefficient (Wildman–Crippen LogP) is 1.10. The summed E-state index contributed by atoms with van der Waals surface area (Å²) < 4.78 is 25.1. The van der Waals surface area contributed by atoms with Gasteiger partial charge in [0.2, 0.25) is 10.0 Å². The Hall–Kier alpha value is -2.11. The number of benzene rings is 1. The summed E-state index contributed by atoms with van der Waals surface area (Å²) in [5.74, 6) is 0. The third-order valence-corrected chi connectivity index (χ3v) is 4.12. The van der Waals surface area contributed by atoms with Gasteiger partial charge in [0.05, 0.1) is 17.9 Å². The molecule has 1 aliphatic rings. The van der Waals surface area contributed by atoms with Gasteiger partial charge in [-0.05, 0) is 37.1 Å². The van der Waals surface area contributed by atoms with Gasteiger partial charge in [-0.1, -0.05) is 0 Å². The van der Waals surface area contributed by atoms with Crippen molar-refractivity contribution in [3.63, 3.8) is 0 Å². The molecule has 0 radical (unpaired) electrons. The Labute approximate surface area is 130 Å². The first-order valence-electron chi connectivity index (χ1n) is 6.91. The van der Waals surface area contributed by atoms with Crippen molar-refractivity contribution in [3.05, 3.63) is 29.8 Å². The molecule has 0 spiro atoms. The van der Waals surface area contributed by atoms with Crippen LogP contribution >= 0.6 is 0 Å². The molecule has 1 atom stereocenters. The smallest absolute Gasteiger partial charge is 0.321 e. The number of piperidine rings is 1. The molecule has 7 nitrogen and oxygen atoms in total. The van der Waals surface area contributed by atoms with Gasteiger partial charge in [-0.2, -0.15) is 5.26 Å². The number of hydrogen-bond acceptors (Lipinski definition) is 4.